The summed E-state index contributed by atoms with van der Waals surface area (Å²) >= 11 is 7.75. The zero-order valence-electron chi connectivity index (χ0n) is 11.0. The second kappa shape index (κ2) is 5.03. The number of hydrogen-bond acceptors (Lipinski definition) is 4. The van der Waals surface area contributed by atoms with Gasteiger partial charge < -0.3 is 9.73 Å². The molecule has 0 atom stereocenters. The first-order valence-electron chi connectivity index (χ1n) is 5.80. The SMILES string of the molecule is Cc1csc(-c2nc(CNC(C)(C)C)co2)c1Cl. The molecule has 0 aromatic carbocycles. The van der Waals surface area contributed by atoms with E-state index in [1.165, 1.54) is 0 Å². The normalized spacial score (nSPS) is 12.1. The molecular weight excluding hydrogens is 268 g/mol. The van der Waals surface area contributed by atoms with E-state index < -0.39 is 0 Å². The van der Waals surface area contributed by atoms with Crippen molar-refractivity contribution in [2.75, 3.05) is 0 Å². The third kappa shape index (κ3) is 3.13. The Labute approximate surface area is 116 Å². The minimum atomic E-state index is 0.0658. The maximum Gasteiger partial charge on any atom is 0.238 e. The Morgan fingerprint density at radius 3 is 2.72 bits per heavy atom. The molecule has 3 nitrogen and oxygen atoms in total. The number of rotatable bonds is 3. The number of nitrogens with one attached hydrogen (secondary N) is 1. The number of thiophene rings is 1. The number of oxazole rings is 1. The molecule has 0 aliphatic rings. The summed E-state index contributed by atoms with van der Waals surface area (Å²) in [6, 6.07) is 0. The Morgan fingerprint density at radius 2 is 2.17 bits per heavy atom. The Bertz CT molecular complexity index is 539. The van der Waals surface area contributed by atoms with E-state index in [-0.39, 0.29) is 5.54 Å². The van der Waals surface area contributed by atoms with Crippen LogP contribution in [0.1, 0.15) is 32.0 Å². The molecule has 0 unspecified atom stereocenters. The molecule has 0 aliphatic carbocycles. The molecule has 1 N–H and O–H groups in total. The van der Waals surface area contributed by atoms with Crippen LogP contribution in [0.4, 0.5) is 0 Å². The average molecular weight is 285 g/mol. The number of halogens is 1. The summed E-state index contributed by atoms with van der Waals surface area (Å²) in [4.78, 5) is 5.35. The highest BCUT2D eigenvalue weighted by molar-refractivity contribution is 7.14. The zero-order valence-corrected chi connectivity index (χ0v) is 12.6. The molecule has 2 rings (SSSR count). The standard InChI is InChI=1S/C13H17ClN2OS/c1-8-7-18-11(10(8)14)12-16-9(6-17-12)5-15-13(2,3)4/h6-7,15H,5H2,1-4H3. The molecule has 0 saturated heterocycles. The van der Waals surface area contributed by atoms with E-state index in [9.17, 15) is 0 Å². The van der Waals surface area contributed by atoms with Crippen molar-refractivity contribution in [3.05, 3.63) is 27.9 Å². The predicted molar refractivity (Wildman–Crippen MR) is 76.2 cm³/mol. The molecule has 0 amide bonds. The molecular formula is C13H17ClN2OS. The largest absolute Gasteiger partial charge is 0.443 e. The second-order valence-electron chi connectivity index (χ2n) is 5.31. The van der Waals surface area contributed by atoms with Gasteiger partial charge in [0.2, 0.25) is 5.89 Å². The van der Waals surface area contributed by atoms with Crippen LogP contribution in [0.2, 0.25) is 5.02 Å². The first-order chi connectivity index (χ1) is 8.37. The topological polar surface area (TPSA) is 38.1 Å². The molecule has 0 fully saturated rings. The van der Waals surface area contributed by atoms with Gasteiger partial charge in [-0.05, 0) is 38.6 Å². The van der Waals surface area contributed by atoms with Crippen molar-refractivity contribution in [3.63, 3.8) is 0 Å². The lowest BCUT2D eigenvalue weighted by Crippen LogP contribution is -2.35. The minimum absolute atomic E-state index is 0.0658. The maximum atomic E-state index is 6.20. The second-order valence-corrected chi connectivity index (χ2v) is 6.57. The van der Waals surface area contributed by atoms with Gasteiger partial charge in [0.25, 0.3) is 0 Å². The van der Waals surface area contributed by atoms with E-state index in [0.29, 0.717) is 12.4 Å². The van der Waals surface area contributed by atoms with E-state index in [4.69, 9.17) is 16.0 Å². The quantitative estimate of drug-likeness (QED) is 0.915. The highest BCUT2D eigenvalue weighted by atomic mass is 35.5. The van der Waals surface area contributed by atoms with Crippen molar-refractivity contribution in [2.24, 2.45) is 0 Å². The lowest BCUT2D eigenvalue weighted by atomic mass is 10.1. The van der Waals surface area contributed by atoms with Gasteiger partial charge in [0.1, 0.15) is 11.1 Å². The summed E-state index contributed by atoms with van der Waals surface area (Å²) < 4.78 is 5.48. The molecule has 5 heteroatoms. The van der Waals surface area contributed by atoms with E-state index in [0.717, 1.165) is 21.2 Å². The third-order valence-corrected chi connectivity index (χ3v) is 4.13. The smallest absolute Gasteiger partial charge is 0.238 e. The summed E-state index contributed by atoms with van der Waals surface area (Å²) in [6.45, 7) is 9.02. The van der Waals surface area contributed by atoms with Crippen LogP contribution in [-0.2, 0) is 6.54 Å². The monoisotopic (exact) mass is 284 g/mol. The fraction of sp³-hybridized carbons (Fsp3) is 0.462. The molecule has 0 radical (unpaired) electrons. The Kier molecular flexibility index (Phi) is 3.80. The van der Waals surface area contributed by atoms with Gasteiger partial charge in [-0.1, -0.05) is 11.6 Å². The molecule has 0 aliphatic heterocycles. The van der Waals surface area contributed by atoms with Gasteiger partial charge in [0.15, 0.2) is 0 Å². The van der Waals surface area contributed by atoms with Gasteiger partial charge in [-0.15, -0.1) is 11.3 Å². The summed E-state index contributed by atoms with van der Waals surface area (Å²) in [5, 5.41) is 6.11. The van der Waals surface area contributed by atoms with Crippen molar-refractivity contribution in [1.29, 1.82) is 0 Å². The Hall–Kier alpha value is -0.840. The van der Waals surface area contributed by atoms with Crippen LogP contribution in [0.3, 0.4) is 0 Å². The van der Waals surface area contributed by atoms with E-state index in [2.05, 4.69) is 31.1 Å². The molecule has 2 aromatic rings. The molecule has 0 bridgehead atoms. The summed E-state index contributed by atoms with van der Waals surface area (Å²) in [6.07, 6.45) is 1.68. The van der Waals surface area contributed by atoms with E-state index in [1.54, 1.807) is 17.6 Å². The van der Waals surface area contributed by atoms with Crippen molar-refractivity contribution < 1.29 is 4.42 Å². The van der Waals surface area contributed by atoms with Gasteiger partial charge in [0.05, 0.1) is 10.7 Å². The van der Waals surface area contributed by atoms with Crippen LogP contribution in [0.15, 0.2) is 16.1 Å². The first-order valence-corrected chi connectivity index (χ1v) is 7.06. The highest BCUT2D eigenvalue weighted by Gasteiger charge is 2.15. The van der Waals surface area contributed by atoms with Crippen LogP contribution in [-0.4, -0.2) is 10.5 Å². The van der Waals surface area contributed by atoms with Crippen LogP contribution < -0.4 is 5.32 Å². The number of aryl methyl sites for hydroxylation is 1. The van der Waals surface area contributed by atoms with Crippen LogP contribution in [0.5, 0.6) is 0 Å². The van der Waals surface area contributed by atoms with Crippen molar-refractivity contribution in [3.8, 4) is 10.8 Å². The molecule has 0 saturated carbocycles. The van der Waals surface area contributed by atoms with E-state index in [1.807, 2.05) is 12.3 Å². The van der Waals surface area contributed by atoms with Gasteiger partial charge in [-0.3, -0.25) is 0 Å². The molecule has 0 spiro atoms. The van der Waals surface area contributed by atoms with Crippen molar-refractivity contribution in [1.82, 2.24) is 10.3 Å². The summed E-state index contributed by atoms with van der Waals surface area (Å²) in [5.74, 6) is 0.601. The molecule has 98 valence electrons. The Morgan fingerprint density at radius 1 is 1.44 bits per heavy atom. The molecule has 2 heterocycles. The predicted octanol–water partition coefficient (Wildman–Crippen LogP) is 4.25. The number of hydrogen-bond donors (Lipinski definition) is 1. The minimum Gasteiger partial charge on any atom is -0.443 e. The summed E-state index contributed by atoms with van der Waals surface area (Å²) in [5.41, 5.74) is 2.02. The fourth-order valence-corrected chi connectivity index (χ4v) is 2.63. The van der Waals surface area contributed by atoms with Crippen LogP contribution in [0.25, 0.3) is 10.8 Å². The zero-order chi connectivity index (χ0) is 13.3. The van der Waals surface area contributed by atoms with Gasteiger partial charge in [0, 0.05) is 12.1 Å². The average Bonchev–Trinajstić information content (AvgIpc) is 2.84. The van der Waals surface area contributed by atoms with Gasteiger partial charge in [-0.2, -0.15) is 0 Å². The maximum absolute atomic E-state index is 6.20. The fourth-order valence-electron chi connectivity index (χ4n) is 1.42. The third-order valence-electron chi connectivity index (χ3n) is 2.44. The van der Waals surface area contributed by atoms with E-state index >= 15 is 0 Å². The van der Waals surface area contributed by atoms with Crippen LogP contribution in [0, 0.1) is 6.92 Å². The Balaban J connectivity index is 2.13. The van der Waals surface area contributed by atoms with Gasteiger partial charge >= 0.3 is 0 Å². The molecule has 18 heavy (non-hydrogen) atoms. The number of nitrogens with zero attached hydrogens (tertiary/aromatic N) is 1. The highest BCUT2D eigenvalue weighted by Crippen LogP contribution is 2.35. The molecule has 2 aromatic heterocycles. The first kappa shape index (κ1) is 13.6. The van der Waals surface area contributed by atoms with Crippen molar-refractivity contribution in [2.45, 2.75) is 39.8 Å². The van der Waals surface area contributed by atoms with Crippen molar-refractivity contribution >= 4 is 22.9 Å². The van der Waals surface area contributed by atoms with Crippen LogP contribution >= 0.6 is 22.9 Å². The lowest BCUT2D eigenvalue weighted by molar-refractivity contribution is 0.421. The van der Waals surface area contributed by atoms with Gasteiger partial charge in [-0.25, -0.2) is 4.98 Å². The number of aromatic nitrogens is 1. The lowest BCUT2D eigenvalue weighted by Gasteiger charge is -2.19. The summed E-state index contributed by atoms with van der Waals surface area (Å²) in [7, 11) is 0.